The zero-order chi connectivity index (χ0) is 9.26. The molecule has 70 valence electrons. The van der Waals surface area contributed by atoms with Gasteiger partial charge in [0.25, 0.3) is 0 Å². The minimum Gasteiger partial charge on any atom is -0.451 e. The first-order valence-corrected chi connectivity index (χ1v) is 4.22. The minimum absolute atomic E-state index is 0.248. The molecule has 1 atom stereocenters. The topological polar surface area (TPSA) is 70.5 Å². The van der Waals surface area contributed by atoms with Crippen molar-refractivity contribution in [2.24, 2.45) is 5.73 Å². The van der Waals surface area contributed by atoms with Crippen LogP contribution in [-0.4, -0.2) is 12.8 Å². The first kappa shape index (κ1) is 8.19. The predicted molar refractivity (Wildman–Crippen MR) is 49.6 cm³/mol. The third-order valence-electron chi connectivity index (χ3n) is 1.89. The summed E-state index contributed by atoms with van der Waals surface area (Å²) < 4.78 is 10.9. The highest BCUT2D eigenvalue weighted by Gasteiger charge is 2.22. The number of hydrogen-bond acceptors (Lipinski definition) is 4. The van der Waals surface area contributed by atoms with E-state index in [0.29, 0.717) is 24.4 Å². The van der Waals surface area contributed by atoms with E-state index < -0.39 is 0 Å². The molecular formula is C9H12N2O2. The predicted octanol–water partition coefficient (Wildman–Crippen LogP) is 0.715. The zero-order valence-corrected chi connectivity index (χ0v) is 7.19. The van der Waals surface area contributed by atoms with Crippen molar-refractivity contribution in [2.45, 2.75) is 12.7 Å². The van der Waals surface area contributed by atoms with Gasteiger partial charge in [0.1, 0.15) is 0 Å². The summed E-state index contributed by atoms with van der Waals surface area (Å²) in [5.74, 6) is 1.45. The fourth-order valence-corrected chi connectivity index (χ4v) is 1.28. The molecule has 1 aromatic rings. The summed E-state index contributed by atoms with van der Waals surface area (Å²) in [7, 11) is 0. The highest BCUT2D eigenvalue weighted by molar-refractivity contribution is 5.53. The summed E-state index contributed by atoms with van der Waals surface area (Å²) in [5.41, 5.74) is 11.7. The van der Waals surface area contributed by atoms with Crippen LogP contribution >= 0.6 is 0 Å². The van der Waals surface area contributed by atoms with Gasteiger partial charge in [0, 0.05) is 18.2 Å². The Balaban J connectivity index is 2.16. The average Bonchev–Trinajstić information content (AvgIpc) is 2.46. The van der Waals surface area contributed by atoms with Crippen LogP contribution in [0.2, 0.25) is 0 Å². The summed E-state index contributed by atoms with van der Waals surface area (Å²) in [5, 5.41) is 0. The molecule has 0 spiro atoms. The van der Waals surface area contributed by atoms with Gasteiger partial charge in [0.15, 0.2) is 11.5 Å². The van der Waals surface area contributed by atoms with E-state index in [-0.39, 0.29) is 6.29 Å². The van der Waals surface area contributed by atoms with Gasteiger partial charge in [-0.05, 0) is 18.7 Å². The average molecular weight is 180 g/mol. The first-order chi connectivity index (χ1) is 6.29. The second-order valence-corrected chi connectivity index (χ2v) is 2.95. The Hall–Kier alpha value is -1.42. The van der Waals surface area contributed by atoms with Crippen LogP contribution in [0.5, 0.6) is 11.5 Å². The molecule has 0 radical (unpaired) electrons. The molecule has 4 heteroatoms. The Labute approximate surface area is 76.4 Å². The summed E-state index contributed by atoms with van der Waals surface area (Å²) >= 11 is 0. The standard InChI is InChI=1S/C9H12N2O2/c10-4-3-9-12-7-2-1-6(11)5-8(7)13-9/h1-2,5,9H,3-4,10-11H2. The molecule has 0 amide bonds. The molecule has 13 heavy (non-hydrogen) atoms. The number of benzene rings is 1. The van der Waals surface area contributed by atoms with E-state index in [0.717, 1.165) is 5.75 Å². The lowest BCUT2D eigenvalue weighted by atomic mass is 10.3. The molecule has 1 aromatic carbocycles. The van der Waals surface area contributed by atoms with E-state index in [1.165, 1.54) is 0 Å². The normalized spacial score (nSPS) is 19.0. The Kier molecular flexibility index (Phi) is 1.98. The molecule has 1 unspecified atom stereocenters. The monoisotopic (exact) mass is 180 g/mol. The lowest BCUT2D eigenvalue weighted by molar-refractivity contribution is 0.0442. The Morgan fingerprint density at radius 2 is 2.00 bits per heavy atom. The molecule has 0 saturated heterocycles. The lowest BCUT2D eigenvalue weighted by Crippen LogP contribution is -2.21. The van der Waals surface area contributed by atoms with Gasteiger partial charge in [-0.2, -0.15) is 0 Å². The maximum absolute atomic E-state index is 5.59. The summed E-state index contributed by atoms with van der Waals surface area (Å²) in [6.07, 6.45) is 0.441. The summed E-state index contributed by atoms with van der Waals surface area (Å²) in [6, 6.07) is 5.35. The van der Waals surface area contributed by atoms with E-state index in [1.807, 2.05) is 0 Å². The number of nitrogens with two attached hydrogens (primary N) is 2. The molecule has 2 rings (SSSR count). The molecule has 0 fully saturated rings. The van der Waals surface area contributed by atoms with E-state index in [1.54, 1.807) is 18.2 Å². The van der Waals surface area contributed by atoms with Gasteiger partial charge >= 0.3 is 0 Å². The molecule has 1 aliphatic heterocycles. The second-order valence-electron chi connectivity index (χ2n) is 2.95. The van der Waals surface area contributed by atoms with Crippen molar-refractivity contribution in [3.05, 3.63) is 18.2 Å². The fourth-order valence-electron chi connectivity index (χ4n) is 1.28. The molecule has 0 bridgehead atoms. The van der Waals surface area contributed by atoms with Crippen molar-refractivity contribution >= 4 is 5.69 Å². The van der Waals surface area contributed by atoms with Crippen LogP contribution in [0.3, 0.4) is 0 Å². The maximum Gasteiger partial charge on any atom is 0.242 e. The van der Waals surface area contributed by atoms with Crippen LogP contribution in [-0.2, 0) is 0 Å². The quantitative estimate of drug-likeness (QED) is 0.658. The summed E-state index contributed by atoms with van der Waals surface area (Å²) in [6.45, 7) is 0.550. The van der Waals surface area contributed by atoms with Gasteiger partial charge in [0.05, 0.1) is 0 Å². The maximum atomic E-state index is 5.59. The molecule has 0 aliphatic carbocycles. The number of nitrogen functional groups attached to an aromatic ring is 1. The molecule has 1 heterocycles. The Bertz CT molecular complexity index is 314. The zero-order valence-electron chi connectivity index (χ0n) is 7.19. The van der Waals surface area contributed by atoms with Gasteiger partial charge in [-0.25, -0.2) is 0 Å². The van der Waals surface area contributed by atoms with Gasteiger partial charge < -0.3 is 20.9 Å². The van der Waals surface area contributed by atoms with E-state index in [9.17, 15) is 0 Å². The van der Waals surface area contributed by atoms with Gasteiger partial charge in [-0.3, -0.25) is 0 Å². The lowest BCUT2D eigenvalue weighted by Gasteiger charge is -2.07. The highest BCUT2D eigenvalue weighted by Crippen LogP contribution is 2.36. The van der Waals surface area contributed by atoms with Crippen molar-refractivity contribution < 1.29 is 9.47 Å². The third kappa shape index (κ3) is 1.53. The second kappa shape index (κ2) is 3.14. The van der Waals surface area contributed by atoms with Crippen molar-refractivity contribution in [3.63, 3.8) is 0 Å². The Morgan fingerprint density at radius 3 is 2.77 bits per heavy atom. The molecule has 0 saturated carbocycles. The molecule has 0 aromatic heterocycles. The third-order valence-corrected chi connectivity index (χ3v) is 1.89. The largest absolute Gasteiger partial charge is 0.451 e. The van der Waals surface area contributed by atoms with Crippen molar-refractivity contribution in [2.75, 3.05) is 12.3 Å². The number of ether oxygens (including phenoxy) is 2. The van der Waals surface area contributed by atoms with Gasteiger partial charge in [-0.1, -0.05) is 0 Å². The van der Waals surface area contributed by atoms with E-state index in [4.69, 9.17) is 20.9 Å². The van der Waals surface area contributed by atoms with Crippen molar-refractivity contribution in [3.8, 4) is 11.5 Å². The van der Waals surface area contributed by atoms with Gasteiger partial charge in [-0.15, -0.1) is 0 Å². The van der Waals surface area contributed by atoms with Crippen molar-refractivity contribution in [1.82, 2.24) is 0 Å². The number of anilines is 1. The SMILES string of the molecule is NCCC1Oc2ccc(N)cc2O1. The molecular weight excluding hydrogens is 168 g/mol. The summed E-state index contributed by atoms with van der Waals surface area (Å²) in [4.78, 5) is 0. The molecule has 4 N–H and O–H groups in total. The fraction of sp³-hybridized carbons (Fsp3) is 0.333. The minimum atomic E-state index is -0.248. The van der Waals surface area contributed by atoms with Crippen LogP contribution in [0.4, 0.5) is 5.69 Å². The van der Waals surface area contributed by atoms with Gasteiger partial charge in [0.2, 0.25) is 6.29 Å². The highest BCUT2D eigenvalue weighted by atomic mass is 16.7. The number of fused-ring (bicyclic) bond motifs is 1. The van der Waals surface area contributed by atoms with Crippen molar-refractivity contribution in [1.29, 1.82) is 0 Å². The van der Waals surface area contributed by atoms with Crippen LogP contribution in [0.25, 0.3) is 0 Å². The van der Waals surface area contributed by atoms with Crippen LogP contribution in [0.15, 0.2) is 18.2 Å². The molecule has 4 nitrogen and oxygen atoms in total. The first-order valence-electron chi connectivity index (χ1n) is 4.22. The van der Waals surface area contributed by atoms with Crippen LogP contribution in [0, 0.1) is 0 Å². The van der Waals surface area contributed by atoms with Crippen LogP contribution < -0.4 is 20.9 Å². The van der Waals surface area contributed by atoms with E-state index >= 15 is 0 Å². The smallest absolute Gasteiger partial charge is 0.242 e. The number of hydrogen-bond donors (Lipinski definition) is 2. The van der Waals surface area contributed by atoms with Crippen LogP contribution in [0.1, 0.15) is 6.42 Å². The van der Waals surface area contributed by atoms with E-state index in [2.05, 4.69) is 0 Å². The number of rotatable bonds is 2. The Morgan fingerprint density at radius 1 is 1.23 bits per heavy atom. The molecule has 1 aliphatic rings.